The number of hydrogen-bond donors (Lipinski definition) is 2. The lowest BCUT2D eigenvalue weighted by atomic mass is 9.72. The molecule has 2 atom stereocenters. The maximum absolute atomic E-state index is 9.33. The first-order valence-corrected chi connectivity index (χ1v) is 7.40. The molecule has 0 spiro atoms. The third kappa shape index (κ3) is 4.05. The number of aliphatic hydroxyl groups excluding tert-OH is 1. The van der Waals surface area contributed by atoms with E-state index in [0.29, 0.717) is 12.3 Å². The standard InChI is InChI=1S/C17H29NO/c1-5-16(18)17(4,10-11-19)15-8-6-14(7-9-15)12-13(2)3/h6-9,13,16,19H,5,10-12,18H2,1-4H3. The molecule has 1 aromatic rings. The lowest BCUT2D eigenvalue weighted by molar-refractivity contribution is 0.223. The molecule has 0 amide bonds. The van der Waals surface area contributed by atoms with E-state index in [1.807, 2.05) is 0 Å². The molecule has 0 aliphatic heterocycles. The summed E-state index contributed by atoms with van der Waals surface area (Å²) in [5, 5.41) is 9.33. The van der Waals surface area contributed by atoms with Gasteiger partial charge in [0.1, 0.15) is 0 Å². The van der Waals surface area contributed by atoms with E-state index in [1.165, 1.54) is 11.1 Å². The van der Waals surface area contributed by atoms with Crippen LogP contribution in [0.5, 0.6) is 0 Å². The molecule has 2 unspecified atom stereocenters. The minimum Gasteiger partial charge on any atom is -0.396 e. The highest BCUT2D eigenvalue weighted by Gasteiger charge is 2.31. The predicted octanol–water partition coefficient (Wildman–Crippen LogP) is 3.26. The van der Waals surface area contributed by atoms with Gasteiger partial charge in [0.25, 0.3) is 0 Å². The second kappa shape index (κ2) is 7.06. The molecule has 0 aromatic heterocycles. The summed E-state index contributed by atoms with van der Waals surface area (Å²) >= 11 is 0. The molecule has 108 valence electrons. The summed E-state index contributed by atoms with van der Waals surface area (Å²) < 4.78 is 0. The van der Waals surface area contributed by atoms with Gasteiger partial charge >= 0.3 is 0 Å². The number of rotatable bonds is 7. The Labute approximate surface area is 118 Å². The van der Waals surface area contributed by atoms with Gasteiger partial charge in [-0.05, 0) is 36.3 Å². The Balaban J connectivity index is 2.97. The van der Waals surface area contributed by atoms with Gasteiger partial charge < -0.3 is 10.8 Å². The van der Waals surface area contributed by atoms with Gasteiger partial charge in [-0.15, -0.1) is 0 Å². The third-order valence-electron chi connectivity index (χ3n) is 4.15. The lowest BCUT2D eigenvalue weighted by Crippen LogP contribution is -2.43. The smallest absolute Gasteiger partial charge is 0.0440 e. The molecule has 3 N–H and O–H groups in total. The Bertz CT molecular complexity index is 371. The summed E-state index contributed by atoms with van der Waals surface area (Å²) in [5.74, 6) is 0.674. The Morgan fingerprint density at radius 3 is 2.21 bits per heavy atom. The van der Waals surface area contributed by atoms with Crippen molar-refractivity contribution in [3.05, 3.63) is 35.4 Å². The molecular formula is C17H29NO. The monoisotopic (exact) mass is 263 g/mol. The van der Waals surface area contributed by atoms with Crippen LogP contribution in [0.1, 0.15) is 51.7 Å². The van der Waals surface area contributed by atoms with E-state index in [1.54, 1.807) is 0 Å². The summed E-state index contributed by atoms with van der Waals surface area (Å²) in [6, 6.07) is 8.85. The van der Waals surface area contributed by atoms with Gasteiger partial charge in [-0.2, -0.15) is 0 Å². The summed E-state index contributed by atoms with van der Waals surface area (Å²) in [7, 11) is 0. The van der Waals surface area contributed by atoms with Gasteiger partial charge in [0.2, 0.25) is 0 Å². The summed E-state index contributed by atoms with van der Waals surface area (Å²) in [5.41, 5.74) is 8.75. The van der Waals surface area contributed by atoms with Crippen molar-refractivity contribution < 1.29 is 5.11 Å². The first kappa shape index (κ1) is 16.2. The first-order valence-electron chi connectivity index (χ1n) is 7.40. The van der Waals surface area contributed by atoms with Crippen molar-refractivity contribution in [1.82, 2.24) is 0 Å². The Morgan fingerprint density at radius 1 is 1.21 bits per heavy atom. The lowest BCUT2D eigenvalue weighted by Gasteiger charge is -2.35. The van der Waals surface area contributed by atoms with E-state index in [0.717, 1.165) is 12.8 Å². The van der Waals surface area contributed by atoms with Crippen LogP contribution in [0.4, 0.5) is 0 Å². The minimum atomic E-state index is -0.139. The fourth-order valence-corrected chi connectivity index (χ4v) is 2.72. The molecule has 19 heavy (non-hydrogen) atoms. The molecule has 0 fully saturated rings. The average molecular weight is 263 g/mol. The fraction of sp³-hybridized carbons (Fsp3) is 0.647. The van der Waals surface area contributed by atoms with Crippen LogP contribution in [-0.4, -0.2) is 17.8 Å². The van der Waals surface area contributed by atoms with Crippen LogP contribution in [0.15, 0.2) is 24.3 Å². The van der Waals surface area contributed by atoms with Crippen LogP contribution in [0, 0.1) is 5.92 Å². The summed E-state index contributed by atoms with van der Waals surface area (Å²) in [4.78, 5) is 0. The van der Waals surface area contributed by atoms with E-state index >= 15 is 0 Å². The zero-order chi connectivity index (χ0) is 14.5. The quantitative estimate of drug-likeness (QED) is 0.793. The Hall–Kier alpha value is -0.860. The van der Waals surface area contributed by atoms with Crippen molar-refractivity contribution >= 4 is 0 Å². The number of aliphatic hydroxyl groups is 1. The van der Waals surface area contributed by atoms with Gasteiger partial charge in [0, 0.05) is 18.1 Å². The van der Waals surface area contributed by atoms with Gasteiger partial charge in [0.05, 0.1) is 0 Å². The van der Waals surface area contributed by atoms with Crippen molar-refractivity contribution in [3.8, 4) is 0 Å². The molecule has 0 saturated carbocycles. The number of benzene rings is 1. The molecule has 2 nitrogen and oxygen atoms in total. The largest absolute Gasteiger partial charge is 0.396 e. The molecular weight excluding hydrogens is 234 g/mol. The van der Waals surface area contributed by atoms with Gasteiger partial charge in [0.15, 0.2) is 0 Å². The second-order valence-electron chi connectivity index (χ2n) is 6.20. The van der Waals surface area contributed by atoms with E-state index in [9.17, 15) is 5.11 Å². The maximum Gasteiger partial charge on any atom is 0.0440 e. The van der Waals surface area contributed by atoms with Crippen LogP contribution < -0.4 is 5.73 Å². The highest BCUT2D eigenvalue weighted by Crippen LogP contribution is 2.32. The topological polar surface area (TPSA) is 46.2 Å². The maximum atomic E-state index is 9.33. The van der Waals surface area contributed by atoms with E-state index in [4.69, 9.17) is 5.73 Å². The van der Waals surface area contributed by atoms with Gasteiger partial charge in [-0.1, -0.05) is 52.0 Å². The van der Waals surface area contributed by atoms with Crippen LogP contribution >= 0.6 is 0 Å². The fourth-order valence-electron chi connectivity index (χ4n) is 2.72. The molecule has 1 rings (SSSR count). The third-order valence-corrected chi connectivity index (χ3v) is 4.15. The molecule has 0 heterocycles. The van der Waals surface area contributed by atoms with Crippen LogP contribution in [0.25, 0.3) is 0 Å². The van der Waals surface area contributed by atoms with E-state index < -0.39 is 0 Å². The molecule has 0 bridgehead atoms. The molecule has 0 aliphatic carbocycles. The van der Waals surface area contributed by atoms with Crippen LogP contribution in [0.3, 0.4) is 0 Å². The number of hydrogen-bond acceptors (Lipinski definition) is 2. The first-order chi connectivity index (χ1) is 8.93. The van der Waals surface area contributed by atoms with Gasteiger partial charge in [-0.3, -0.25) is 0 Å². The van der Waals surface area contributed by atoms with Crippen molar-refractivity contribution in [2.75, 3.05) is 6.61 Å². The van der Waals surface area contributed by atoms with Crippen molar-refractivity contribution in [3.63, 3.8) is 0 Å². The zero-order valence-electron chi connectivity index (χ0n) is 12.8. The summed E-state index contributed by atoms with van der Waals surface area (Å²) in [6.45, 7) is 8.91. The van der Waals surface area contributed by atoms with Gasteiger partial charge in [-0.25, -0.2) is 0 Å². The molecule has 0 saturated heterocycles. The Morgan fingerprint density at radius 2 is 1.79 bits per heavy atom. The summed E-state index contributed by atoms with van der Waals surface area (Å²) in [6.07, 6.45) is 2.74. The minimum absolute atomic E-state index is 0.0793. The molecule has 1 aromatic carbocycles. The number of nitrogens with two attached hydrogens (primary N) is 1. The van der Waals surface area contributed by atoms with Crippen molar-refractivity contribution in [2.24, 2.45) is 11.7 Å². The molecule has 0 aliphatic rings. The van der Waals surface area contributed by atoms with E-state index in [2.05, 4.69) is 52.0 Å². The van der Waals surface area contributed by atoms with Crippen molar-refractivity contribution in [2.45, 2.75) is 58.4 Å². The highest BCUT2D eigenvalue weighted by atomic mass is 16.3. The van der Waals surface area contributed by atoms with Crippen molar-refractivity contribution in [1.29, 1.82) is 0 Å². The van der Waals surface area contributed by atoms with Crippen LogP contribution in [-0.2, 0) is 11.8 Å². The van der Waals surface area contributed by atoms with Crippen LogP contribution in [0.2, 0.25) is 0 Å². The highest BCUT2D eigenvalue weighted by molar-refractivity contribution is 5.30. The second-order valence-corrected chi connectivity index (χ2v) is 6.20. The average Bonchev–Trinajstić information content (AvgIpc) is 2.38. The molecule has 2 heteroatoms. The molecule has 0 radical (unpaired) electrons. The van der Waals surface area contributed by atoms with E-state index in [-0.39, 0.29) is 18.1 Å². The predicted molar refractivity (Wildman–Crippen MR) is 82.3 cm³/mol. The normalized spacial score (nSPS) is 16.4. The zero-order valence-corrected chi connectivity index (χ0v) is 12.8. The SMILES string of the molecule is CCC(N)C(C)(CCO)c1ccc(CC(C)C)cc1. The Kier molecular flexibility index (Phi) is 6.02.